The van der Waals surface area contributed by atoms with E-state index in [2.05, 4.69) is 56.3 Å². The minimum Gasteiger partial charge on any atom is -0.453 e. The fourth-order valence-electron chi connectivity index (χ4n) is 8.40. The number of imidazole rings is 1. The Bertz CT molecular complexity index is 3790. The summed E-state index contributed by atoms with van der Waals surface area (Å²) >= 11 is 4.07. The number of carbonyl (C=O) groups excluding carboxylic acids is 3. The molecule has 0 radical (unpaired) electrons. The SMILES string of the molecule is CCN=c1ccc2c(-c3ccccc3C(=O)N(C)CCCC(=O)NCCNC(=O)O[C@@H]3[C@H](O)[C@@H](COP(=O)(O)OP(=O)(O)OP(O)(O)=S)O[C@H]3n3cnc4c(N)ncnc43)c3ccc(NCC)c(S(=O)(=O)O)c3oc-2c1S(=O)(=O)O. The number of nitrogens with zero attached hydrogens (tertiary/aromatic N) is 6. The smallest absolute Gasteiger partial charge is 0.453 e. The number of aliphatic hydroxyl groups is 1. The van der Waals surface area contributed by atoms with Gasteiger partial charge in [0.25, 0.3) is 26.1 Å². The van der Waals surface area contributed by atoms with Crippen LogP contribution in [0.1, 0.15) is 43.3 Å². The van der Waals surface area contributed by atoms with E-state index in [1.54, 1.807) is 26.0 Å². The van der Waals surface area contributed by atoms with Crippen molar-refractivity contribution in [1.82, 2.24) is 35.1 Å². The van der Waals surface area contributed by atoms with Crippen LogP contribution in [0.15, 0.2) is 80.4 Å². The minimum absolute atomic E-state index is 0.00189. The van der Waals surface area contributed by atoms with Gasteiger partial charge in [-0.25, -0.2) is 33.2 Å². The largest absolute Gasteiger partial charge is 0.488 e. The van der Waals surface area contributed by atoms with Crippen molar-refractivity contribution < 1.29 is 101 Å². The second-order valence-electron chi connectivity index (χ2n) is 17.1. The van der Waals surface area contributed by atoms with Crippen molar-refractivity contribution in [3.05, 3.63) is 72.1 Å². The molecule has 2 aliphatic heterocycles. The van der Waals surface area contributed by atoms with Crippen LogP contribution in [0.4, 0.5) is 16.3 Å². The topological polar surface area (TPSA) is 476 Å². The van der Waals surface area contributed by atoms with Crippen LogP contribution in [0, 0.1) is 0 Å². The number of phosphoric ester groups is 1. The summed E-state index contributed by atoms with van der Waals surface area (Å²) in [5.41, 5.74) is 5.70. The molecule has 0 spiro atoms. The van der Waals surface area contributed by atoms with Gasteiger partial charge in [-0.2, -0.15) is 21.1 Å². The zero-order valence-electron chi connectivity index (χ0n) is 41.8. The Kier molecular flexibility index (Phi) is 19.0. The number of hydrogen-bond donors (Lipinski definition) is 11. The van der Waals surface area contributed by atoms with E-state index >= 15 is 0 Å². The highest BCUT2D eigenvalue weighted by molar-refractivity contribution is 8.08. The maximum absolute atomic E-state index is 14.3. The molecule has 2 aromatic heterocycles. The van der Waals surface area contributed by atoms with Gasteiger partial charge in [0.05, 0.1) is 24.0 Å². The lowest BCUT2D eigenvalue weighted by molar-refractivity contribution is -0.121. The molecule has 2 unspecified atom stereocenters. The van der Waals surface area contributed by atoms with Gasteiger partial charge in [0.2, 0.25) is 5.91 Å². The van der Waals surface area contributed by atoms with Crippen LogP contribution in [0.5, 0.6) is 0 Å². The Morgan fingerprint density at radius 1 is 0.912 bits per heavy atom. The molecule has 3 amide bonds. The van der Waals surface area contributed by atoms with E-state index in [-0.39, 0.29) is 101 Å². The summed E-state index contributed by atoms with van der Waals surface area (Å²) in [6, 6.07) is 11.7. The van der Waals surface area contributed by atoms with Gasteiger partial charge in [-0.15, -0.1) is 0 Å². The second kappa shape index (κ2) is 24.6. The molecule has 38 heteroatoms. The van der Waals surface area contributed by atoms with Crippen molar-refractivity contribution >= 4 is 106 Å². The van der Waals surface area contributed by atoms with Crippen molar-refractivity contribution in [3.63, 3.8) is 0 Å². The van der Waals surface area contributed by atoms with Crippen molar-refractivity contribution in [2.75, 3.05) is 57.4 Å². The number of nitrogens with one attached hydrogen (secondary N) is 3. The number of anilines is 2. The lowest BCUT2D eigenvalue weighted by Gasteiger charge is -2.23. The number of rotatable bonds is 23. The van der Waals surface area contributed by atoms with Crippen molar-refractivity contribution in [2.24, 2.45) is 4.99 Å². The van der Waals surface area contributed by atoms with Crippen molar-refractivity contribution in [1.29, 1.82) is 0 Å². The van der Waals surface area contributed by atoms with Crippen LogP contribution in [-0.4, -0.2) is 158 Å². The van der Waals surface area contributed by atoms with Crippen LogP contribution in [0.2, 0.25) is 0 Å². The Labute approximate surface area is 458 Å². The molecule has 1 fully saturated rings. The van der Waals surface area contributed by atoms with Crippen LogP contribution in [0.25, 0.3) is 44.6 Å². The fourth-order valence-corrected chi connectivity index (χ4v) is 13.8. The van der Waals surface area contributed by atoms with E-state index in [1.807, 2.05) is 0 Å². The highest BCUT2D eigenvalue weighted by atomic mass is 32.5. The number of carbonyl (C=O) groups is 3. The normalized spacial score (nSPS) is 18.7. The number of nitrogen functional groups attached to an aromatic ring is 1. The Morgan fingerprint density at radius 3 is 2.29 bits per heavy atom. The van der Waals surface area contributed by atoms with E-state index < -0.39 is 113 Å². The third-order valence-electron chi connectivity index (χ3n) is 11.6. The summed E-state index contributed by atoms with van der Waals surface area (Å²) in [4.78, 5) is 94.4. The quantitative estimate of drug-likeness (QED) is 0.0190. The fraction of sp³-hybridized carbons (Fsp3) is 0.357. The van der Waals surface area contributed by atoms with Crippen LogP contribution in [-0.2, 0) is 68.6 Å². The first-order valence-corrected chi connectivity index (χ1v) is 31.8. The van der Waals surface area contributed by atoms with Gasteiger partial charge in [0.1, 0.15) is 24.1 Å². The van der Waals surface area contributed by atoms with Crippen LogP contribution < -0.4 is 27.0 Å². The molecular formula is C42H51N10O22P3S3. The number of aliphatic hydroxyl groups excluding tert-OH is 1. The monoisotopic (exact) mass is 1240 g/mol. The van der Waals surface area contributed by atoms with Gasteiger partial charge in [-0.05, 0) is 68.0 Å². The summed E-state index contributed by atoms with van der Waals surface area (Å²) < 4.78 is 129. The molecule has 0 bridgehead atoms. The zero-order chi connectivity index (χ0) is 58.7. The predicted octanol–water partition coefficient (Wildman–Crippen LogP) is 2.25. The second-order valence-corrected chi connectivity index (χ2v) is 25.7. The Morgan fingerprint density at radius 2 is 1.61 bits per heavy atom. The molecule has 4 aromatic rings. The first-order chi connectivity index (χ1) is 37.4. The van der Waals surface area contributed by atoms with Gasteiger partial charge >= 0.3 is 28.5 Å². The molecule has 0 saturated carbocycles. The highest BCUT2D eigenvalue weighted by Crippen LogP contribution is 2.66. The number of ether oxygens (including phenoxy) is 2. The maximum Gasteiger partial charge on any atom is 0.488 e. The molecule has 80 heavy (non-hydrogen) atoms. The summed E-state index contributed by atoms with van der Waals surface area (Å²) in [5, 5.41) is 18.9. The Hall–Kier alpha value is -5.94. The van der Waals surface area contributed by atoms with E-state index in [4.69, 9.17) is 24.1 Å². The maximum atomic E-state index is 14.3. The predicted molar refractivity (Wildman–Crippen MR) is 282 cm³/mol. The molecule has 1 saturated heterocycles. The zero-order valence-corrected chi connectivity index (χ0v) is 47.0. The van der Waals surface area contributed by atoms with Gasteiger partial charge < -0.3 is 65.2 Å². The third-order valence-corrected chi connectivity index (χ3v) is 17.8. The van der Waals surface area contributed by atoms with E-state index in [9.17, 15) is 74.1 Å². The molecule has 4 heterocycles. The van der Waals surface area contributed by atoms with Crippen molar-refractivity contribution in [3.8, 4) is 22.5 Å². The van der Waals surface area contributed by atoms with Gasteiger partial charge in [0.15, 0.2) is 44.9 Å². The Balaban J connectivity index is 1.01. The number of nitrogens with two attached hydrogens (primary N) is 1. The molecule has 434 valence electrons. The molecule has 6 atom stereocenters. The number of alkyl carbamates (subject to hydrolysis) is 1. The first-order valence-electron chi connectivity index (χ1n) is 23.3. The van der Waals surface area contributed by atoms with Crippen LogP contribution in [0.3, 0.4) is 0 Å². The average molecular weight is 1240 g/mol. The van der Waals surface area contributed by atoms with Gasteiger partial charge in [-0.1, -0.05) is 18.2 Å². The van der Waals surface area contributed by atoms with E-state index in [0.29, 0.717) is 0 Å². The summed E-state index contributed by atoms with van der Waals surface area (Å²) in [6.07, 6.45) is -5.72. The summed E-state index contributed by atoms with van der Waals surface area (Å²) in [7, 11) is -20.1. The minimum atomic E-state index is -5.70. The number of amides is 3. The van der Waals surface area contributed by atoms with E-state index in [1.165, 1.54) is 52.9 Å². The number of phosphoric acid groups is 2. The lowest BCUT2D eigenvalue weighted by Crippen LogP contribution is -2.41. The standard InChI is InChI=1S/C42H51N10O22P3S3/c1-4-44-26-14-12-24-30(25-13-15-27(45-5-2)37(80(66,67)68)34(25)71-33(24)36(26)79(63,64)65)22-9-6-7-10-23(22)40(55)51(3)18-8-11-29(53)46-16-17-47-42(56)72-35-32(54)28(19-69-75(57,58)73-76(59,60)74-77(61,62)78)70-41(35)52-21-50-31-38(43)48-20-49-39(31)52/h6-7,9-10,12-15,20-21,28,32,35,41,44,54H,4-5,8,11,16-19H2,1-3H3,(H,46,53)(H,47,56)(H,57,58)(H,59,60)(H2,43,48,49)(H2,61,62,78)(H,63,64,65)(H,66,67,68)/t28-,32-,35-,41-/m1/s1. The molecule has 7 rings (SSSR count). The third kappa shape index (κ3) is 14.4. The number of benzene rings is 3. The highest BCUT2D eigenvalue weighted by Gasteiger charge is 2.50. The molecule has 1 aliphatic carbocycles. The molecule has 32 nitrogen and oxygen atoms in total. The average Bonchev–Trinajstić information content (AvgIpc) is 4.07. The van der Waals surface area contributed by atoms with Crippen molar-refractivity contribution in [2.45, 2.75) is 61.0 Å². The molecule has 2 aromatic carbocycles. The summed E-state index contributed by atoms with van der Waals surface area (Å²) in [5.74, 6) is -1.69. The van der Waals surface area contributed by atoms with Gasteiger partial charge in [0, 0.05) is 68.3 Å². The molecular weight excluding hydrogens is 1190 g/mol. The van der Waals surface area contributed by atoms with Gasteiger partial charge in [-0.3, -0.25) is 32.8 Å². The lowest BCUT2D eigenvalue weighted by atomic mass is 9.90. The number of aromatic nitrogens is 4. The number of fused-ring (bicyclic) bond motifs is 3. The van der Waals surface area contributed by atoms with E-state index in [0.717, 1.165) is 12.7 Å². The number of hydrogen-bond acceptors (Lipinski definition) is 23. The summed E-state index contributed by atoms with van der Waals surface area (Å²) in [6.45, 7) is -2.85. The molecule has 12 N–H and O–H groups in total. The van der Waals surface area contributed by atoms with Crippen LogP contribution >= 0.6 is 22.4 Å². The molecule has 3 aliphatic rings. The first kappa shape index (κ1) is 61.7.